The Balaban J connectivity index is 2.35. The zero-order chi connectivity index (χ0) is 15.0. The zero-order valence-corrected chi connectivity index (χ0v) is 13.5. The SMILES string of the molecule is CCc1cccc(-n2c(C(C)Cl)nc3cccc(Cl)c32)c1. The minimum atomic E-state index is -0.196. The first-order chi connectivity index (χ1) is 10.1. The van der Waals surface area contributed by atoms with Crippen LogP contribution >= 0.6 is 23.2 Å². The molecule has 1 unspecified atom stereocenters. The fraction of sp³-hybridized carbons (Fsp3) is 0.235. The molecular weight excluding hydrogens is 303 g/mol. The predicted octanol–water partition coefficient (Wildman–Crippen LogP) is 5.54. The van der Waals surface area contributed by atoms with E-state index in [1.165, 1.54) is 5.56 Å². The highest BCUT2D eigenvalue weighted by Crippen LogP contribution is 2.32. The average molecular weight is 319 g/mol. The van der Waals surface area contributed by atoms with Gasteiger partial charge in [0.25, 0.3) is 0 Å². The van der Waals surface area contributed by atoms with Gasteiger partial charge in [-0.15, -0.1) is 11.6 Å². The second-order valence-corrected chi connectivity index (χ2v) is 6.11. The molecular formula is C17H16Cl2N2. The minimum Gasteiger partial charge on any atom is -0.294 e. The van der Waals surface area contributed by atoms with Crippen molar-refractivity contribution in [1.29, 1.82) is 0 Å². The van der Waals surface area contributed by atoms with Gasteiger partial charge in [-0.1, -0.05) is 36.7 Å². The van der Waals surface area contributed by atoms with Gasteiger partial charge in [-0.3, -0.25) is 4.57 Å². The zero-order valence-electron chi connectivity index (χ0n) is 12.0. The summed E-state index contributed by atoms with van der Waals surface area (Å²) in [5, 5.41) is 0.490. The second kappa shape index (κ2) is 5.70. The summed E-state index contributed by atoms with van der Waals surface area (Å²) in [6.07, 6.45) is 0.986. The molecule has 2 aromatic carbocycles. The number of fused-ring (bicyclic) bond motifs is 1. The molecule has 2 nitrogen and oxygen atoms in total. The molecule has 1 heterocycles. The van der Waals surface area contributed by atoms with E-state index in [-0.39, 0.29) is 5.38 Å². The third-order valence-electron chi connectivity index (χ3n) is 3.59. The summed E-state index contributed by atoms with van der Waals surface area (Å²) < 4.78 is 2.06. The van der Waals surface area contributed by atoms with E-state index < -0.39 is 0 Å². The van der Waals surface area contributed by atoms with E-state index in [2.05, 4.69) is 40.7 Å². The molecule has 0 fully saturated rings. The molecule has 1 atom stereocenters. The molecule has 0 spiro atoms. The average Bonchev–Trinajstić information content (AvgIpc) is 2.88. The molecule has 3 aromatic rings. The van der Waals surface area contributed by atoms with Crippen LogP contribution < -0.4 is 0 Å². The van der Waals surface area contributed by atoms with Gasteiger partial charge in [0.2, 0.25) is 0 Å². The van der Waals surface area contributed by atoms with Crippen LogP contribution in [0, 0.1) is 0 Å². The molecule has 3 rings (SSSR count). The Morgan fingerprint density at radius 3 is 2.67 bits per heavy atom. The van der Waals surface area contributed by atoms with Gasteiger partial charge in [-0.25, -0.2) is 4.98 Å². The van der Waals surface area contributed by atoms with Crippen molar-refractivity contribution in [3.05, 3.63) is 58.9 Å². The maximum absolute atomic E-state index is 6.40. The van der Waals surface area contributed by atoms with Crippen LogP contribution in [0.5, 0.6) is 0 Å². The van der Waals surface area contributed by atoms with Crippen LogP contribution in [0.2, 0.25) is 5.02 Å². The van der Waals surface area contributed by atoms with Crippen LogP contribution in [-0.4, -0.2) is 9.55 Å². The van der Waals surface area contributed by atoms with Crippen LogP contribution in [0.25, 0.3) is 16.7 Å². The fourth-order valence-corrected chi connectivity index (χ4v) is 2.95. The molecule has 0 saturated carbocycles. The molecule has 0 aliphatic carbocycles. The molecule has 0 aliphatic heterocycles. The monoisotopic (exact) mass is 318 g/mol. The van der Waals surface area contributed by atoms with Crippen LogP contribution in [0.1, 0.15) is 30.6 Å². The summed E-state index contributed by atoms with van der Waals surface area (Å²) in [6.45, 7) is 4.07. The normalized spacial score (nSPS) is 12.8. The van der Waals surface area contributed by atoms with Crippen molar-refractivity contribution in [3.63, 3.8) is 0 Å². The Hall–Kier alpha value is -1.51. The standard InChI is InChI=1S/C17H16Cl2N2/c1-3-12-6-4-7-13(10-12)21-16-14(19)8-5-9-15(16)20-17(21)11(2)18/h4-11H,3H2,1-2H3. The maximum atomic E-state index is 6.40. The van der Waals surface area contributed by atoms with Gasteiger partial charge < -0.3 is 0 Å². The van der Waals surface area contributed by atoms with Crippen molar-refractivity contribution in [3.8, 4) is 5.69 Å². The smallest absolute Gasteiger partial charge is 0.132 e. The van der Waals surface area contributed by atoms with Gasteiger partial charge in [0, 0.05) is 5.69 Å². The number of halogens is 2. The maximum Gasteiger partial charge on any atom is 0.132 e. The number of hydrogen-bond donors (Lipinski definition) is 0. The first-order valence-electron chi connectivity index (χ1n) is 7.02. The summed E-state index contributed by atoms with van der Waals surface area (Å²) >= 11 is 12.7. The van der Waals surface area contributed by atoms with Gasteiger partial charge in [-0.05, 0) is 43.2 Å². The van der Waals surface area contributed by atoms with E-state index in [9.17, 15) is 0 Å². The number of aryl methyl sites for hydroxylation is 1. The van der Waals surface area contributed by atoms with Crippen LogP contribution in [0.15, 0.2) is 42.5 Å². The Labute approximate surface area is 134 Å². The van der Waals surface area contributed by atoms with E-state index in [0.717, 1.165) is 29.0 Å². The van der Waals surface area contributed by atoms with Gasteiger partial charge >= 0.3 is 0 Å². The highest BCUT2D eigenvalue weighted by Gasteiger charge is 2.18. The Morgan fingerprint density at radius 1 is 1.19 bits per heavy atom. The lowest BCUT2D eigenvalue weighted by Gasteiger charge is -2.12. The third-order valence-corrected chi connectivity index (χ3v) is 4.09. The Morgan fingerprint density at radius 2 is 1.95 bits per heavy atom. The number of hydrogen-bond acceptors (Lipinski definition) is 1. The van der Waals surface area contributed by atoms with E-state index in [0.29, 0.717) is 5.02 Å². The molecule has 1 aromatic heterocycles. The minimum absolute atomic E-state index is 0.196. The van der Waals surface area contributed by atoms with Crippen molar-refractivity contribution in [1.82, 2.24) is 9.55 Å². The molecule has 0 saturated heterocycles. The lowest BCUT2D eigenvalue weighted by Crippen LogP contribution is -2.02. The van der Waals surface area contributed by atoms with Crippen molar-refractivity contribution in [2.75, 3.05) is 0 Å². The van der Waals surface area contributed by atoms with Crippen molar-refractivity contribution < 1.29 is 0 Å². The Kier molecular flexibility index (Phi) is 3.92. The van der Waals surface area contributed by atoms with E-state index in [1.807, 2.05) is 25.1 Å². The fourth-order valence-electron chi connectivity index (χ4n) is 2.55. The molecule has 0 radical (unpaired) electrons. The number of aromatic nitrogens is 2. The quantitative estimate of drug-likeness (QED) is 0.579. The first-order valence-corrected chi connectivity index (χ1v) is 7.83. The summed E-state index contributed by atoms with van der Waals surface area (Å²) in [6, 6.07) is 14.2. The summed E-state index contributed by atoms with van der Waals surface area (Å²) in [7, 11) is 0. The lowest BCUT2D eigenvalue weighted by atomic mass is 10.1. The molecule has 108 valence electrons. The highest BCUT2D eigenvalue weighted by atomic mass is 35.5. The van der Waals surface area contributed by atoms with Crippen molar-refractivity contribution >= 4 is 34.2 Å². The molecule has 4 heteroatoms. The lowest BCUT2D eigenvalue weighted by molar-refractivity contribution is 0.881. The third kappa shape index (κ3) is 2.54. The van der Waals surface area contributed by atoms with Gasteiger partial charge in [0.1, 0.15) is 5.82 Å². The molecule has 0 amide bonds. The van der Waals surface area contributed by atoms with Crippen molar-refractivity contribution in [2.45, 2.75) is 25.6 Å². The number of benzene rings is 2. The summed E-state index contributed by atoms with van der Waals surface area (Å²) in [5.74, 6) is 0.813. The van der Waals surface area contributed by atoms with Crippen LogP contribution in [0.4, 0.5) is 0 Å². The molecule has 0 N–H and O–H groups in total. The number of rotatable bonds is 3. The van der Waals surface area contributed by atoms with Crippen LogP contribution in [-0.2, 0) is 6.42 Å². The summed E-state index contributed by atoms with van der Waals surface area (Å²) in [4.78, 5) is 4.65. The highest BCUT2D eigenvalue weighted by molar-refractivity contribution is 6.35. The largest absolute Gasteiger partial charge is 0.294 e. The topological polar surface area (TPSA) is 17.8 Å². The van der Waals surface area contributed by atoms with E-state index in [1.54, 1.807) is 0 Å². The number of nitrogens with zero attached hydrogens (tertiary/aromatic N) is 2. The number of imidazole rings is 1. The number of alkyl halides is 1. The second-order valence-electron chi connectivity index (χ2n) is 5.05. The van der Waals surface area contributed by atoms with E-state index in [4.69, 9.17) is 23.2 Å². The molecule has 0 aliphatic rings. The first kappa shape index (κ1) is 14.4. The molecule has 0 bridgehead atoms. The van der Waals surface area contributed by atoms with Gasteiger partial charge in [0.15, 0.2) is 0 Å². The molecule has 21 heavy (non-hydrogen) atoms. The predicted molar refractivity (Wildman–Crippen MR) is 89.7 cm³/mol. The van der Waals surface area contributed by atoms with Gasteiger partial charge in [-0.2, -0.15) is 0 Å². The summed E-state index contributed by atoms with van der Waals surface area (Å²) in [5.41, 5.74) is 4.10. The van der Waals surface area contributed by atoms with Gasteiger partial charge in [0.05, 0.1) is 21.4 Å². The van der Waals surface area contributed by atoms with E-state index >= 15 is 0 Å². The number of para-hydroxylation sites is 1. The van der Waals surface area contributed by atoms with Crippen LogP contribution in [0.3, 0.4) is 0 Å². The van der Waals surface area contributed by atoms with Crippen molar-refractivity contribution in [2.24, 2.45) is 0 Å². The Bertz CT molecular complexity index is 791.